The number of benzene rings is 1. The topological polar surface area (TPSA) is 163 Å². The molecule has 2 saturated carbocycles. The quantitative estimate of drug-likeness (QED) is 0.314. The zero-order valence-corrected chi connectivity index (χ0v) is 21.7. The Bertz CT molecular complexity index is 1460. The number of aliphatic hydroxyl groups is 2. The van der Waals surface area contributed by atoms with Gasteiger partial charge in [0.15, 0.2) is 28.5 Å². The van der Waals surface area contributed by atoms with Gasteiger partial charge in [-0.1, -0.05) is 6.92 Å². The molecule has 4 aliphatic rings. The summed E-state index contributed by atoms with van der Waals surface area (Å²) in [5.41, 5.74) is 2.71. The van der Waals surface area contributed by atoms with E-state index in [4.69, 9.17) is 4.74 Å². The van der Waals surface area contributed by atoms with Crippen molar-refractivity contribution in [3.63, 3.8) is 0 Å². The molecule has 2 aromatic heterocycles. The molecule has 39 heavy (non-hydrogen) atoms. The molecule has 3 heterocycles. The molecule has 1 aromatic carbocycles. The predicted molar refractivity (Wildman–Crippen MR) is 139 cm³/mol. The number of rotatable bonds is 4. The first-order valence-corrected chi connectivity index (χ1v) is 13.8. The van der Waals surface area contributed by atoms with Crippen LogP contribution in [0.25, 0.3) is 11.2 Å². The number of aromatic hydroxyl groups is 2. The van der Waals surface area contributed by atoms with Gasteiger partial charge in [-0.2, -0.15) is 0 Å². The van der Waals surface area contributed by atoms with Gasteiger partial charge in [-0.25, -0.2) is 15.0 Å². The second-order valence-corrected chi connectivity index (χ2v) is 11.9. The number of fused-ring (bicyclic) bond motifs is 6. The van der Waals surface area contributed by atoms with E-state index >= 15 is 0 Å². The lowest BCUT2D eigenvalue weighted by Crippen LogP contribution is -2.43. The summed E-state index contributed by atoms with van der Waals surface area (Å²) in [4.78, 5) is 26.4. The lowest BCUT2D eigenvalue weighted by Gasteiger charge is -2.50. The molecule has 3 fully saturated rings. The Morgan fingerprint density at radius 1 is 1.13 bits per heavy atom. The average Bonchev–Trinajstić information content (AvgIpc) is 3.60. The number of nitrogens with zero attached hydrogens (tertiary/aromatic N) is 4. The number of Topliss-reactive ketones (excluding diaryl/α,β-unsaturated/α-hetero) is 1. The number of aromatic nitrogens is 4. The summed E-state index contributed by atoms with van der Waals surface area (Å²) >= 11 is 0. The van der Waals surface area contributed by atoms with Crippen LogP contribution in [0.4, 0.5) is 5.82 Å². The summed E-state index contributed by atoms with van der Waals surface area (Å²) in [5, 5.41) is 44.1. The van der Waals surface area contributed by atoms with E-state index in [1.807, 2.05) is 0 Å². The number of ketones is 1. The summed E-state index contributed by atoms with van der Waals surface area (Å²) in [5.74, 6) is 1.33. The van der Waals surface area contributed by atoms with E-state index < -0.39 is 18.4 Å². The molecule has 0 spiro atoms. The number of carbonyl (C=O) groups is 1. The fourth-order valence-corrected chi connectivity index (χ4v) is 7.92. The predicted octanol–water partition coefficient (Wildman–Crippen LogP) is 2.91. The number of anilines is 1. The average molecular weight is 536 g/mol. The highest BCUT2D eigenvalue weighted by molar-refractivity contribution is 5.87. The highest BCUT2D eigenvalue weighted by Gasteiger charge is 2.55. The molecule has 8 atom stereocenters. The Morgan fingerprint density at radius 2 is 1.92 bits per heavy atom. The molecular formula is C28H33N5O6. The van der Waals surface area contributed by atoms with Crippen molar-refractivity contribution in [3.8, 4) is 11.5 Å². The zero-order chi connectivity index (χ0) is 27.1. The lowest BCUT2D eigenvalue weighted by molar-refractivity contribution is -0.129. The number of carbonyl (C=O) groups excluding carboxylic acids is 1. The van der Waals surface area contributed by atoms with Crippen LogP contribution in [0.3, 0.4) is 0 Å². The number of phenols is 2. The number of hydrogen-bond donors (Lipinski definition) is 5. The molecular weight excluding hydrogens is 502 g/mol. The van der Waals surface area contributed by atoms with Crippen LogP contribution in [0, 0.1) is 17.3 Å². The van der Waals surface area contributed by atoms with E-state index in [1.54, 1.807) is 23.0 Å². The Morgan fingerprint density at radius 3 is 2.69 bits per heavy atom. The third-order valence-corrected chi connectivity index (χ3v) is 9.97. The smallest absolute Gasteiger partial charge is 0.167 e. The molecule has 0 amide bonds. The summed E-state index contributed by atoms with van der Waals surface area (Å²) in [7, 11) is 0. The van der Waals surface area contributed by atoms with Crippen molar-refractivity contribution in [1.29, 1.82) is 0 Å². The first-order valence-electron chi connectivity index (χ1n) is 13.8. The van der Waals surface area contributed by atoms with E-state index in [-0.39, 0.29) is 47.3 Å². The van der Waals surface area contributed by atoms with E-state index in [2.05, 4.69) is 27.2 Å². The molecule has 206 valence electrons. The van der Waals surface area contributed by atoms with Gasteiger partial charge in [-0.15, -0.1) is 0 Å². The zero-order valence-electron chi connectivity index (χ0n) is 21.7. The monoisotopic (exact) mass is 535 g/mol. The van der Waals surface area contributed by atoms with Gasteiger partial charge < -0.3 is 30.5 Å². The number of aliphatic hydroxyl groups excluding tert-OH is 2. The van der Waals surface area contributed by atoms with Crippen molar-refractivity contribution in [2.75, 3.05) is 11.9 Å². The minimum atomic E-state index is -0.781. The third kappa shape index (κ3) is 3.66. The second-order valence-electron chi connectivity index (χ2n) is 11.9. The van der Waals surface area contributed by atoms with Crippen LogP contribution in [0.15, 0.2) is 24.8 Å². The van der Waals surface area contributed by atoms with Crippen molar-refractivity contribution in [3.05, 3.63) is 35.9 Å². The van der Waals surface area contributed by atoms with Crippen LogP contribution in [0.1, 0.15) is 74.8 Å². The van der Waals surface area contributed by atoms with E-state index in [1.165, 1.54) is 6.33 Å². The Balaban J connectivity index is 1.26. The number of phenolic OH excluding ortho intramolecular Hbond substituents is 2. The summed E-state index contributed by atoms with van der Waals surface area (Å²) in [6.45, 7) is 1.85. The second kappa shape index (κ2) is 8.87. The molecule has 5 N–H and O–H groups in total. The van der Waals surface area contributed by atoms with Gasteiger partial charge in [0.1, 0.15) is 24.4 Å². The Labute approximate surface area is 224 Å². The Kier molecular flexibility index (Phi) is 5.63. The van der Waals surface area contributed by atoms with Gasteiger partial charge in [-0.3, -0.25) is 9.36 Å². The molecule has 7 rings (SSSR count). The van der Waals surface area contributed by atoms with Crippen LogP contribution in [-0.2, 0) is 9.53 Å². The molecule has 1 saturated heterocycles. The molecule has 11 heteroatoms. The first kappa shape index (κ1) is 24.7. The van der Waals surface area contributed by atoms with Gasteiger partial charge in [0.2, 0.25) is 0 Å². The van der Waals surface area contributed by atoms with Gasteiger partial charge in [-0.05, 0) is 66.7 Å². The van der Waals surface area contributed by atoms with Crippen molar-refractivity contribution >= 4 is 22.8 Å². The minimum Gasteiger partial charge on any atom is -0.504 e. The maximum absolute atomic E-state index is 12.9. The maximum atomic E-state index is 12.9. The molecule has 1 aliphatic heterocycles. The van der Waals surface area contributed by atoms with E-state index in [0.717, 1.165) is 36.8 Å². The maximum Gasteiger partial charge on any atom is 0.167 e. The molecule has 0 radical (unpaired) electrons. The molecule has 11 nitrogen and oxygen atoms in total. The largest absolute Gasteiger partial charge is 0.504 e. The standard InChI is InChI=1S/C28H33N5O6/c1-28-5-4-13-14-7-19(35)20(36)8-16(14)18(6-15(13)17(28)2-3-23(28)38)32-26-25-27(30-11-29-26)33(12-31-25)24-9-21(37)22(10-34)39-24/h7-8,11-13,15,17-18,21-22,24,34-37H,2-6,9-10H2,1H3,(H,29,30,32)/t13-,15-,17+,18?,21+,22-,24-,28+/m1/s1. The fraction of sp³-hybridized carbons (Fsp3) is 0.571. The van der Waals surface area contributed by atoms with Crippen LogP contribution >= 0.6 is 0 Å². The number of ether oxygens (including phenoxy) is 1. The fourth-order valence-electron chi connectivity index (χ4n) is 7.92. The van der Waals surface area contributed by atoms with E-state index in [9.17, 15) is 25.2 Å². The van der Waals surface area contributed by atoms with E-state index in [0.29, 0.717) is 35.6 Å². The Hall–Kier alpha value is -3.28. The van der Waals surface area contributed by atoms with Crippen molar-refractivity contribution < 1.29 is 30.0 Å². The third-order valence-electron chi connectivity index (χ3n) is 9.97. The molecule has 0 bridgehead atoms. The summed E-state index contributed by atoms with van der Waals surface area (Å²) in [6, 6.07) is 3.11. The van der Waals surface area contributed by atoms with Gasteiger partial charge in [0.05, 0.1) is 25.1 Å². The molecule has 1 unspecified atom stereocenters. The van der Waals surface area contributed by atoms with Gasteiger partial charge in [0.25, 0.3) is 0 Å². The van der Waals surface area contributed by atoms with Crippen LogP contribution < -0.4 is 5.32 Å². The van der Waals surface area contributed by atoms with Gasteiger partial charge >= 0.3 is 0 Å². The summed E-state index contributed by atoms with van der Waals surface area (Å²) < 4.78 is 7.56. The minimum absolute atomic E-state index is 0.132. The highest BCUT2D eigenvalue weighted by atomic mass is 16.5. The first-order chi connectivity index (χ1) is 18.8. The number of imidazole rings is 1. The molecule has 3 aliphatic carbocycles. The normalized spacial score (nSPS) is 35.6. The SMILES string of the molecule is C[C@]12CC[C@@H]3c4cc(O)c(O)cc4C(Nc4ncnc5c4ncn5[C@H]4C[C@H](O)[C@@H](CO)O4)C[C@H]3[C@@H]1CCC2=O. The van der Waals surface area contributed by atoms with Crippen LogP contribution in [0.2, 0.25) is 0 Å². The lowest BCUT2D eigenvalue weighted by atomic mass is 9.55. The van der Waals surface area contributed by atoms with Crippen molar-refractivity contribution in [1.82, 2.24) is 19.5 Å². The van der Waals surface area contributed by atoms with Crippen LogP contribution in [0.5, 0.6) is 11.5 Å². The van der Waals surface area contributed by atoms with Crippen molar-refractivity contribution in [2.24, 2.45) is 17.3 Å². The molecule has 3 aromatic rings. The number of hydrogen-bond acceptors (Lipinski definition) is 10. The van der Waals surface area contributed by atoms with Crippen molar-refractivity contribution in [2.45, 2.75) is 75.8 Å². The number of nitrogens with one attached hydrogen (secondary N) is 1. The summed E-state index contributed by atoms with van der Waals surface area (Å²) in [6.07, 6.45) is 5.39. The van der Waals surface area contributed by atoms with Gasteiger partial charge in [0, 0.05) is 18.3 Å². The van der Waals surface area contributed by atoms with Crippen LogP contribution in [-0.4, -0.2) is 64.5 Å². The highest BCUT2D eigenvalue weighted by Crippen LogP contribution is 2.61.